The van der Waals surface area contributed by atoms with Gasteiger partial charge in [0.25, 0.3) is 0 Å². The van der Waals surface area contributed by atoms with Gasteiger partial charge in [-0.1, -0.05) is 54.1 Å². The highest BCUT2D eigenvalue weighted by atomic mass is 32.1. The number of piperazine rings is 2. The smallest absolute Gasteiger partial charge is 0.205 e. The molecule has 170 valence electrons. The van der Waals surface area contributed by atoms with Crippen molar-refractivity contribution in [1.82, 2.24) is 24.9 Å². The zero-order valence-electron chi connectivity index (χ0n) is 19.2. The van der Waals surface area contributed by atoms with Gasteiger partial charge in [-0.25, -0.2) is 0 Å². The lowest BCUT2D eigenvalue weighted by atomic mass is 10.1. The average molecular weight is 451 g/mol. The summed E-state index contributed by atoms with van der Waals surface area (Å²) in [5, 5.41) is 7.48. The van der Waals surface area contributed by atoms with E-state index in [-0.39, 0.29) is 0 Å². The molecule has 2 aliphatic rings. The maximum Gasteiger partial charge on any atom is 0.205 e. The van der Waals surface area contributed by atoms with Crippen LogP contribution in [-0.4, -0.2) is 66.6 Å². The molecule has 32 heavy (non-hydrogen) atoms. The van der Waals surface area contributed by atoms with E-state index in [9.17, 15) is 0 Å². The molecule has 2 aliphatic heterocycles. The van der Waals surface area contributed by atoms with Gasteiger partial charge in [0.15, 0.2) is 5.82 Å². The number of aryl methyl sites for hydroxylation is 2. The summed E-state index contributed by atoms with van der Waals surface area (Å²) >= 11 is 1.51. The van der Waals surface area contributed by atoms with Crippen molar-refractivity contribution < 1.29 is 0 Å². The van der Waals surface area contributed by atoms with Gasteiger partial charge in [-0.3, -0.25) is 4.90 Å². The number of aromatic nitrogens is 2. The number of nitrogens with one attached hydrogen (secondary N) is 2. The molecule has 6 nitrogen and oxygen atoms in total. The Bertz CT molecular complexity index is 947. The van der Waals surface area contributed by atoms with Gasteiger partial charge >= 0.3 is 0 Å². The second kappa shape index (κ2) is 11.5. The third kappa shape index (κ3) is 6.36. The molecule has 2 aromatic carbocycles. The van der Waals surface area contributed by atoms with Crippen LogP contribution in [0.25, 0.3) is 11.4 Å². The summed E-state index contributed by atoms with van der Waals surface area (Å²) in [6, 6.07) is 17.1. The van der Waals surface area contributed by atoms with Crippen molar-refractivity contribution in [1.29, 1.82) is 0 Å². The Morgan fingerprint density at radius 3 is 2.12 bits per heavy atom. The molecule has 2 saturated heterocycles. The molecule has 1 aromatic heterocycles. The van der Waals surface area contributed by atoms with Gasteiger partial charge in [0.2, 0.25) is 5.13 Å². The van der Waals surface area contributed by atoms with Crippen molar-refractivity contribution in [3.63, 3.8) is 0 Å². The van der Waals surface area contributed by atoms with Crippen molar-refractivity contribution >= 4 is 16.7 Å². The number of hydrogen-bond donors (Lipinski definition) is 2. The second-order valence-corrected chi connectivity index (χ2v) is 9.19. The van der Waals surface area contributed by atoms with Gasteiger partial charge in [0.1, 0.15) is 0 Å². The van der Waals surface area contributed by atoms with E-state index in [1.54, 1.807) is 0 Å². The number of rotatable bonds is 4. The Balaban J connectivity index is 0.000000354. The molecule has 3 heterocycles. The lowest BCUT2D eigenvalue weighted by molar-refractivity contribution is 0.249. The molecule has 2 fully saturated rings. The van der Waals surface area contributed by atoms with Crippen LogP contribution in [0.4, 0.5) is 5.13 Å². The lowest BCUT2D eigenvalue weighted by Crippen LogP contribution is -2.46. The summed E-state index contributed by atoms with van der Waals surface area (Å²) in [6.45, 7) is 14.0. The first-order valence-electron chi connectivity index (χ1n) is 11.5. The number of anilines is 1. The normalized spacial score (nSPS) is 17.0. The van der Waals surface area contributed by atoms with Crippen LogP contribution < -0.4 is 15.5 Å². The van der Waals surface area contributed by atoms with Crippen LogP contribution in [0, 0.1) is 13.8 Å². The van der Waals surface area contributed by atoms with Gasteiger partial charge in [0, 0.05) is 76.0 Å². The molecule has 3 aromatic rings. The summed E-state index contributed by atoms with van der Waals surface area (Å²) in [5.74, 6) is 0.840. The van der Waals surface area contributed by atoms with E-state index in [2.05, 4.69) is 87.2 Å². The van der Waals surface area contributed by atoms with E-state index < -0.39 is 0 Å². The van der Waals surface area contributed by atoms with Crippen molar-refractivity contribution in [2.24, 2.45) is 0 Å². The zero-order valence-corrected chi connectivity index (χ0v) is 20.0. The summed E-state index contributed by atoms with van der Waals surface area (Å²) in [6.07, 6.45) is 0. The van der Waals surface area contributed by atoms with Gasteiger partial charge in [-0.15, -0.1) is 0 Å². The van der Waals surface area contributed by atoms with E-state index in [0.717, 1.165) is 75.4 Å². The molecule has 0 amide bonds. The highest BCUT2D eigenvalue weighted by Crippen LogP contribution is 2.25. The minimum absolute atomic E-state index is 0.840. The van der Waals surface area contributed by atoms with Crippen LogP contribution in [0.1, 0.15) is 16.7 Å². The topological polar surface area (TPSA) is 56.3 Å². The van der Waals surface area contributed by atoms with Crippen LogP contribution in [-0.2, 0) is 6.54 Å². The summed E-state index contributed by atoms with van der Waals surface area (Å²) < 4.78 is 4.56. The Morgan fingerprint density at radius 1 is 0.844 bits per heavy atom. The fourth-order valence-electron chi connectivity index (χ4n) is 3.89. The lowest BCUT2D eigenvalue weighted by Gasteiger charge is -2.34. The molecule has 0 unspecified atom stereocenters. The van der Waals surface area contributed by atoms with E-state index in [1.165, 1.54) is 28.2 Å². The van der Waals surface area contributed by atoms with Gasteiger partial charge in [0.05, 0.1) is 0 Å². The monoisotopic (exact) mass is 450 g/mol. The summed E-state index contributed by atoms with van der Waals surface area (Å²) in [4.78, 5) is 9.67. The minimum Gasteiger partial charge on any atom is -0.344 e. The van der Waals surface area contributed by atoms with Crippen molar-refractivity contribution in [3.05, 3.63) is 65.2 Å². The van der Waals surface area contributed by atoms with Crippen LogP contribution in [0.3, 0.4) is 0 Å². The van der Waals surface area contributed by atoms with E-state index in [0.29, 0.717) is 0 Å². The molecule has 0 spiro atoms. The highest BCUT2D eigenvalue weighted by molar-refractivity contribution is 7.09. The molecule has 0 bridgehead atoms. The maximum absolute atomic E-state index is 4.77. The Morgan fingerprint density at radius 2 is 1.50 bits per heavy atom. The molecule has 0 radical (unpaired) electrons. The van der Waals surface area contributed by atoms with E-state index in [1.807, 2.05) is 0 Å². The Kier molecular flexibility index (Phi) is 8.23. The SMILES string of the molecule is C1CNCCN1.Cc1ccc(-c2nsc(N3CCN(Cc4ccccc4C)CC3)n2)cc1. The first kappa shape index (κ1) is 22.9. The molecular formula is C25H34N6S. The van der Waals surface area contributed by atoms with Crippen molar-refractivity contribution in [2.45, 2.75) is 20.4 Å². The Hall–Kier alpha value is -2.32. The third-order valence-corrected chi connectivity index (χ3v) is 6.76. The average Bonchev–Trinajstić information content (AvgIpc) is 3.33. The highest BCUT2D eigenvalue weighted by Gasteiger charge is 2.20. The quantitative estimate of drug-likeness (QED) is 0.636. The van der Waals surface area contributed by atoms with Gasteiger partial charge < -0.3 is 15.5 Å². The number of nitrogens with zero attached hydrogens (tertiary/aromatic N) is 4. The van der Waals surface area contributed by atoms with Crippen LogP contribution in [0.2, 0.25) is 0 Å². The molecule has 0 atom stereocenters. The number of benzene rings is 2. The predicted octanol–water partition coefficient (Wildman–Crippen LogP) is 3.32. The van der Waals surface area contributed by atoms with Crippen LogP contribution in [0.15, 0.2) is 48.5 Å². The second-order valence-electron chi connectivity index (χ2n) is 8.46. The van der Waals surface area contributed by atoms with Gasteiger partial charge in [-0.2, -0.15) is 9.36 Å². The fraction of sp³-hybridized carbons (Fsp3) is 0.440. The first-order chi connectivity index (χ1) is 15.7. The number of hydrogen-bond acceptors (Lipinski definition) is 7. The molecule has 0 saturated carbocycles. The largest absolute Gasteiger partial charge is 0.344 e. The fourth-order valence-corrected chi connectivity index (χ4v) is 4.63. The molecule has 5 rings (SSSR count). The molecule has 2 N–H and O–H groups in total. The third-order valence-electron chi connectivity index (χ3n) is 5.98. The van der Waals surface area contributed by atoms with Crippen molar-refractivity contribution in [2.75, 3.05) is 57.3 Å². The minimum atomic E-state index is 0.840. The summed E-state index contributed by atoms with van der Waals surface area (Å²) in [5.41, 5.74) is 5.16. The molecule has 7 heteroatoms. The van der Waals surface area contributed by atoms with E-state index >= 15 is 0 Å². The zero-order chi connectivity index (χ0) is 22.2. The molecular weight excluding hydrogens is 416 g/mol. The summed E-state index contributed by atoms with van der Waals surface area (Å²) in [7, 11) is 0. The molecule has 0 aliphatic carbocycles. The standard InChI is InChI=1S/C21H24N4S.C4H10N2/c1-16-7-9-18(10-8-16)20-22-21(26-23-20)25-13-11-24(12-14-25)15-19-6-4-3-5-17(19)2;1-2-6-4-3-5-1/h3-10H,11-15H2,1-2H3;5-6H,1-4H2. The van der Waals surface area contributed by atoms with Crippen molar-refractivity contribution in [3.8, 4) is 11.4 Å². The van der Waals surface area contributed by atoms with E-state index in [4.69, 9.17) is 4.98 Å². The Labute approximate surface area is 195 Å². The predicted molar refractivity (Wildman–Crippen MR) is 134 cm³/mol. The maximum atomic E-state index is 4.77. The first-order valence-corrected chi connectivity index (χ1v) is 12.3. The van der Waals surface area contributed by atoms with Crippen LogP contribution in [0.5, 0.6) is 0 Å². The van der Waals surface area contributed by atoms with Crippen LogP contribution >= 0.6 is 11.5 Å². The van der Waals surface area contributed by atoms with Gasteiger partial charge in [-0.05, 0) is 25.0 Å².